The number of aromatic nitrogens is 2. The number of hydrogen-bond donors (Lipinski definition) is 8. The van der Waals surface area contributed by atoms with Gasteiger partial charge in [-0.15, -0.1) is 0 Å². The molecule has 0 bridgehead atoms. The summed E-state index contributed by atoms with van der Waals surface area (Å²) in [6.45, 7) is -0.650. The minimum absolute atomic E-state index is 0.0383. The molecule has 4 unspecified atom stereocenters. The number of amides is 3. The van der Waals surface area contributed by atoms with Crippen LogP contribution in [0.3, 0.4) is 0 Å². The van der Waals surface area contributed by atoms with Gasteiger partial charge >= 0.3 is 11.9 Å². The number of aliphatic hydroxyl groups excluding tert-OH is 1. The fourth-order valence-electron chi connectivity index (χ4n) is 2.61. The highest BCUT2D eigenvalue weighted by Crippen LogP contribution is 2.06. The molecule has 1 rings (SSSR count). The first-order valence-electron chi connectivity index (χ1n) is 9.77. The Bertz CT molecular complexity index is 821. The number of nitrogens with one attached hydrogen (secondary N) is 4. The van der Waals surface area contributed by atoms with Crippen LogP contribution >= 0.6 is 11.8 Å². The highest BCUT2D eigenvalue weighted by molar-refractivity contribution is 7.98. The van der Waals surface area contributed by atoms with Gasteiger partial charge in [0.1, 0.15) is 24.2 Å². The molecule has 33 heavy (non-hydrogen) atoms. The maximum absolute atomic E-state index is 12.9. The van der Waals surface area contributed by atoms with Gasteiger partial charge in [-0.3, -0.25) is 19.2 Å². The number of hydrogen-bond acceptors (Lipinski definition) is 9. The lowest BCUT2D eigenvalue weighted by molar-refractivity contribution is -0.147. The molecule has 1 heterocycles. The van der Waals surface area contributed by atoms with Gasteiger partial charge in [-0.2, -0.15) is 11.8 Å². The van der Waals surface area contributed by atoms with Gasteiger partial charge in [-0.05, 0) is 18.4 Å². The van der Waals surface area contributed by atoms with Crippen molar-refractivity contribution in [2.24, 2.45) is 5.73 Å². The molecule has 14 nitrogen and oxygen atoms in total. The lowest BCUT2D eigenvalue weighted by atomic mass is 10.1. The molecule has 1 aromatic heterocycles. The van der Waals surface area contributed by atoms with E-state index < -0.39 is 66.9 Å². The second kappa shape index (κ2) is 14.1. The molecule has 0 aromatic carbocycles. The summed E-state index contributed by atoms with van der Waals surface area (Å²) in [6.07, 6.45) is 3.79. The molecule has 184 valence electrons. The Labute approximate surface area is 193 Å². The maximum atomic E-state index is 12.9. The lowest BCUT2D eigenvalue weighted by Crippen LogP contribution is -2.58. The molecule has 0 radical (unpaired) electrons. The van der Waals surface area contributed by atoms with E-state index in [4.69, 9.17) is 21.1 Å². The van der Waals surface area contributed by atoms with Crippen molar-refractivity contribution in [2.75, 3.05) is 18.6 Å². The minimum atomic E-state index is -1.69. The number of carboxylic acids is 2. The van der Waals surface area contributed by atoms with Gasteiger partial charge in [0.15, 0.2) is 0 Å². The molecule has 0 saturated heterocycles. The van der Waals surface area contributed by atoms with E-state index in [0.717, 1.165) is 0 Å². The Morgan fingerprint density at radius 2 is 1.67 bits per heavy atom. The first-order valence-corrected chi connectivity index (χ1v) is 11.2. The topological polar surface area (TPSA) is 237 Å². The number of aromatic amines is 1. The number of rotatable bonds is 15. The second-order valence-corrected chi connectivity index (χ2v) is 7.96. The Balaban J connectivity index is 3.01. The summed E-state index contributed by atoms with van der Waals surface area (Å²) in [5.41, 5.74) is 5.98. The summed E-state index contributed by atoms with van der Waals surface area (Å²) < 4.78 is 0. The number of thioether (sulfide) groups is 1. The summed E-state index contributed by atoms with van der Waals surface area (Å²) in [4.78, 5) is 66.5. The van der Waals surface area contributed by atoms with E-state index in [1.807, 2.05) is 0 Å². The summed E-state index contributed by atoms with van der Waals surface area (Å²) in [6, 6.07) is -5.36. The Morgan fingerprint density at radius 1 is 1.06 bits per heavy atom. The third kappa shape index (κ3) is 9.88. The van der Waals surface area contributed by atoms with Gasteiger partial charge in [0.25, 0.3) is 0 Å². The van der Waals surface area contributed by atoms with Crippen LogP contribution in [0.1, 0.15) is 18.5 Å². The molecule has 0 spiro atoms. The van der Waals surface area contributed by atoms with Gasteiger partial charge < -0.3 is 42.0 Å². The fourth-order valence-corrected chi connectivity index (χ4v) is 3.08. The van der Waals surface area contributed by atoms with E-state index in [1.165, 1.54) is 24.3 Å². The van der Waals surface area contributed by atoms with Crippen LogP contribution in [0.25, 0.3) is 0 Å². The van der Waals surface area contributed by atoms with E-state index in [2.05, 4.69) is 25.9 Å². The molecule has 1 aromatic rings. The monoisotopic (exact) mass is 488 g/mol. The van der Waals surface area contributed by atoms with Crippen molar-refractivity contribution in [2.45, 2.75) is 43.4 Å². The van der Waals surface area contributed by atoms with Gasteiger partial charge in [0.2, 0.25) is 17.7 Å². The zero-order valence-electron chi connectivity index (χ0n) is 17.8. The number of aliphatic hydroxyl groups is 1. The zero-order chi connectivity index (χ0) is 25.0. The van der Waals surface area contributed by atoms with Crippen LogP contribution in [0.15, 0.2) is 12.5 Å². The van der Waals surface area contributed by atoms with Crippen LogP contribution in [0.2, 0.25) is 0 Å². The molecule has 0 fully saturated rings. The first kappa shape index (κ1) is 27.9. The molecule has 4 atom stereocenters. The van der Waals surface area contributed by atoms with Crippen molar-refractivity contribution in [3.63, 3.8) is 0 Å². The van der Waals surface area contributed by atoms with Crippen molar-refractivity contribution in [1.82, 2.24) is 25.9 Å². The lowest BCUT2D eigenvalue weighted by Gasteiger charge is -2.24. The molecule has 0 aliphatic heterocycles. The van der Waals surface area contributed by atoms with Crippen LogP contribution in [-0.4, -0.2) is 97.7 Å². The minimum Gasteiger partial charge on any atom is -0.481 e. The number of carboxylic acid groups (broad SMARTS) is 2. The third-order valence-corrected chi connectivity index (χ3v) is 5.03. The highest BCUT2D eigenvalue weighted by Gasteiger charge is 2.31. The van der Waals surface area contributed by atoms with Crippen molar-refractivity contribution in [3.05, 3.63) is 18.2 Å². The fraction of sp³-hybridized carbons (Fsp3) is 0.556. The Kier molecular flexibility index (Phi) is 11.9. The predicted octanol–water partition coefficient (Wildman–Crippen LogP) is -2.96. The molecule has 0 aliphatic rings. The van der Waals surface area contributed by atoms with Crippen LogP contribution in [0.4, 0.5) is 0 Å². The largest absolute Gasteiger partial charge is 0.481 e. The van der Waals surface area contributed by atoms with Gasteiger partial charge in [-0.25, -0.2) is 9.78 Å². The Hall–Kier alpha value is -3.17. The summed E-state index contributed by atoms with van der Waals surface area (Å²) in [5.74, 6) is -4.99. The molecule has 0 aliphatic carbocycles. The van der Waals surface area contributed by atoms with Crippen LogP contribution in [0, 0.1) is 0 Å². The molecule has 3 amide bonds. The SMILES string of the molecule is CSCCC(NC(=O)C(Cc1cnc[nH]1)NC(=O)C(N)CO)C(=O)NC(CC(=O)O)C(=O)O. The predicted molar refractivity (Wildman–Crippen MR) is 116 cm³/mol. The van der Waals surface area contributed by atoms with E-state index in [-0.39, 0.29) is 12.8 Å². The van der Waals surface area contributed by atoms with Crippen LogP contribution in [0.5, 0.6) is 0 Å². The quantitative estimate of drug-likeness (QED) is 0.124. The van der Waals surface area contributed by atoms with E-state index >= 15 is 0 Å². The highest BCUT2D eigenvalue weighted by atomic mass is 32.2. The molecular weight excluding hydrogens is 460 g/mol. The number of nitrogens with two attached hydrogens (primary N) is 1. The number of carbonyl (C=O) groups is 5. The Morgan fingerprint density at radius 3 is 2.18 bits per heavy atom. The average molecular weight is 489 g/mol. The molecule has 9 N–H and O–H groups in total. The van der Waals surface area contributed by atoms with Crippen molar-refractivity contribution >= 4 is 41.4 Å². The number of carbonyl (C=O) groups excluding carboxylic acids is 3. The summed E-state index contributed by atoms with van der Waals surface area (Å²) >= 11 is 1.37. The van der Waals surface area contributed by atoms with E-state index in [1.54, 1.807) is 6.26 Å². The van der Waals surface area contributed by atoms with Crippen LogP contribution in [-0.2, 0) is 30.4 Å². The summed E-state index contributed by atoms with van der Waals surface area (Å²) in [7, 11) is 0. The van der Waals surface area contributed by atoms with Gasteiger partial charge in [0.05, 0.1) is 19.4 Å². The van der Waals surface area contributed by atoms with E-state index in [0.29, 0.717) is 11.4 Å². The smallest absolute Gasteiger partial charge is 0.326 e. The number of H-pyrrole nitrogens is 1. The second-order valence-electron chi connectivity index (χ2n) is 6.97. The first-order chi connectivity index (χ1) is 15.6. The maximum Gasteiger partial charge on any atom is 0.326 e. The van der Waals surface area contributed by atoms with Crippen molar-refractivity contribution in [1.29, 1.82) is 0 Å². The number of aliphatic carboxylic acids is 2. The molecular formula is C18H28N6O8S. The third-order valence-electron chi connectivity index (χ3n) is 4.38. The zero-order valence-corrected chi connectivity index (χ0v) is 18.6. The summed E-state index contributed by atoms with van der Waals surface area (Å²) in [5, 5.41) is 34.1. The number of imidazole rings is 1. The molecule has 0 saturated carbocycles. The number of nitrogens with zero attached hydrogens (tertiary/aromatic N) is 1. The van der Waals surface area contributed by atoms with Gasteiger partial charge in [0, 0.05) is 18.3 Å². The average Bonchev–Trinajstić information content (AvgIpc) is 3.27. The van der Waals surface area contributed by atoms with E-state index in [9.17, 15) is 24.0 Å². The van der Waals surface area contributed by atoms with Crippen LogP contribution < -0.4 is 21.7 Å². The van der Waals surface area contributed by atoms with Gasteiger partial charge in [-0.1, -0.05) is 0 Å². The molecule has 15 heteroatoms. The van der Waals surface area contributed by atoms with Crippen molar-refractivity contribution < 1.29 is 39.3 Å². The normalized spacial score (nSPS) is 14.4. The van der Waals surface area contributed by atoms with Crippen molar-refractivity contribution in [3.8, 4) is 0 Å². The standard InChI is InChI=1S/C18H28N6O8S/c1-33-3-2-11(16(29)24-13(18(31)32)5-14(26)27)22-17(30)12(4-9-6-20-8-21-9)23-15(28)10(19)7-25/h6,8,10-13,25H,2-5,7,19H2,1H3,(H,20,21)(H,22,30)(H,23,28)(H,24,29)(H,26,27)(H,31,32).